The number of nitrogens with one attached hydrogen (secondary N) is 1. The number of nitrogens with zero attached hydrogens (tertiary/aromatic N) is 2. The summed E-state index contributed by atoms with van der Waals surface area (Å²) in [5, 5.41) is 8.76. The van der Waals surface area contributed by atoms with Crippen LogP contribution in [0.25, 0.3) is 11.0 Å². The van der Waals surface area contributed by atoms with E-state index in [-0.39, 0.29) is 6.61 Å². The van der Waals surface area contributed by atoms with Crippen LogP contribution < -0.4 is 5.73 Å². The zero-order valence-electron chi connectivity index (χ0n) is 9.98. The Balaban J connectivity index is 2.08. The number of hydrogen-bond acceptors (Lipinski definition) is 4. The highest BCUT2D eigenvalue weighted by molar-refractivity contribution is 5.78. The van der Waals surface area contributed by atoms with Gasteiger partial charge in [-0.1, -0.05) is 0 Å². The molecule has 0 unspecified atom stereocenters. The second kappa shape index (κ2) is 5.16. The van der Waals surface area contributed by atoms with Crippen molar-refractivity contribution in [2.45, 2.75) is 13.0 Å². The van der Waals surface area contributed by atoms with Crippen LogP contribution in [0.3, 0.4) is 0 Å². The molecule has 0 radical (unpaired) electrons. The fraction of sp³-hybridized carbons (Fsp3) is 0.417. The lowest BCUT2D eigenvalue weighted by Gasteiger charge is -2.13. The van der Waals surface area contributed by atoms with Crippen molar-refractivity contribution in [3.63, 3.8) is 0 Å². The lowest BCUT2D eigenvalue weighted by Crippen LogP contribution is -2.20. The number of imidazole rings is 1. The summed E-state index contributed by atoms with van der Waals surface area (Å²) in [5.74, 6) is 0.922. The summed E-state index contributed by atoms with van der Waals surface area (Å²) in [6.07, 6.45) is 0.781. The number of hydrogen-bond donors (Lipinski definition) is 3. The van der Waals surface area contributed by atoms with Gasteiger partial charge in [0.25, 0.3) is 0 Å². The monoisotopic (exact) mass is 234 g/mol. The van der Waals surface area contributed by atoms with Gasteiger partial charge < -0.3 is 15.8 Å². The SMILES string of the molecule is CN(CCCO)Cc1nc2ccc(N)cc2[nH]1. The Labute approximate surface area is 100 Å². The predicted octanol–water partition coefficient (Wildman–Crippen LogP) is 0.959. The third kappa shape index (κ3) is 2.95. The second-order valence-corrected chi connectivity index (χ2v) is 4.28. The maximum Gasteiger partial charge on any atom is 0.121 e. The first-order valence-electron chi connectivity index (χ1n) is 5.72. The highest BCUT2D eigenvalue weighted by Gasteiger charge is 2.05. The molecule has 1 heterocycles. The Kier molecular flexibility index (Phi) is 3.61. The summed E-state index contributed by atoms with van der Waals surface area (Å²) in [7, 11) is 2.01. The fourth-order valence-electron chi connectivity index (χ4n) is 1.83. The second-order valence-electron chi connectivity index (χ2n) is 4.28. The van der Waals surface area contributed by atoms with E-state index in [9.17, 15) is 0 Å². The van der Waals surface area contributed by atoms with Crippen LogP contribution in [-0.2, 0) is 6.54 Å². The Bertz CT molecular complexity index is 494. The minimum absolute atomic E-state index is 0.223. The van der Waals surface area contributed by atoms with Crippen molar-refractivity contribution in [1.29, 1.82) is 0 Å². The zero-order chi connectivity index (χ0) is 12.3. The molecule has 17 heavy (non-hydrogen) atoms. The molecule has 0 atom stereocenters. The number of aliphatic hydroxyl groups is 1. The highest BCUT2D eigenvalue weighted by Crippen LogP contribution is 2.15. The van der Waals surface area contributed by atoms with E-state index in [1.807, 2.05) is 25.2 Å². The van der Waals surface area contributed by atoms with Crippen LogP contribution in [0.15, 0.2) is 18.2 Å². The molecule has 0 aliphatic rings. The minimum atomic E-state index is 0.223. The van der Waals surface area contributed by atoms with Gasteiger partial charge in [0, 0.05) is 18.8 Å². The molecule has 0 spiro atoms. The predicted molar refractivity (Wildman–Crippen MR) is 68.5 cm³/mol. The number of nitrogens with two attached hydrogens (primary N) is 1. The number of H-pyrrole nitrogens is 1. The van der Waals surface area contributed by atoms with Gasteiger partial charge in [-0.3, -0.25) is 4.90 Å². The molecule has 0 aliphatic heterocycles. The van der Waals surface area contributed by atoms with E-state index in [1.165, 1.54) is 0 Å². The van der Waals surface area contributed by atoms with Gasteiger partial charge in [0.15, 0.2) is 0 Å². The summed E-state index contributed by atoms with van der Waals surface area (Å²) in [5.41, 5.74) is 8.35. The van der Waals surface area contributed by atoms with Crippen LogP contribution in [0, 0.1) is 0 Å². The van der Waals surface area contributed by atoms with Gasteiger partial charge in [0.1, 0.15) is 5.82 Å². The van der Waals surface area contributed by atoms with E-state index in [1.54, 1.807) is 0 Å². The molecule has 0 amide bonds. The number of fused-ring (bicyclic) bond motifs is 1. The molecule has 2 rings (SSSR count). The average molecular weight is 234 g/mol. The molecular weight excluding hydrogens is 216 g/mol. The first-order valence-corrected chi connectivity index (χ1v) is 5.72. The molecule has 92 valence electrons. The molecule has 0 saturated carbocycles. The number of rotatable bonds is 5. The largest absolute Gasteiger partial charge is 0.399 e. The molecule has 2 aromatic rings. The average Bonchev–Trinajstić information content (AvgIpc) is 2.67. The van der Waals surface area contributed by atoms with E-state index in [2.05, 4.69) is 14.9 Å². The molecular formula is C12H18N4O. The number of aromatic amines is 1. The van der Waals surface area contributed by atoms with Crippen molar-refractivity contribution in [2.75, 3.05) is 25.9 Å². The van der Waals surface area contributed by atoms with E-state index < -0.39 is 0 Å². The van der Waals surface area contributed by atoms with Crippen LogP contribution in [0.2, 0.25) is 0 Å². The number of anilines is 1. The van der Waals surface area contributed by atoms with Crippen LogP contribution in [0.5, 0.6) is 0 Å². The molecule has 0 saturated heterocycles. The quantitative estimate of drug-likeness (QED) is 0.673. The molecule has 1 aromatic heterocycles. The number of benzene rings is 1. The van der Waals surface area contributed by atoms with E-state index in [0.717, 1.165) is 42.1 Å². The van der Waals surface area contributed by atoms with Gasteiger partial charge in [0.05, 0.1) is 17.6 Å². The Morgan fingerprint density at radius 3 is 3.06 bits per heavy atom. The minimum Gasteiger partial charge on any atom is -0.399 e. The maximum absolute atomic E-state index is 8.76. The first kappa shape index (κ1) is 11.9. The molecule has 5 heteroatoms. The Morgan fingerprint density at radius 2 is 2.29 bits per heavy atom. The molecule has 4 N–H and O–H groups in total. The van der Waals surface area contributed by atoms with Crippen molar-refractivity contribution in [1.82, 2.24) is 14.9 Å². The number of aliphatic hydroxyl groups excluding tert-OH is 1. The summed E-state index contributed by atoms with van der Waals surface area (Å²) in [4.78, 5) is 9.86. The van der Waals surface area contributed by atoms with E-state index in [0.29, 0.717) is 0 Å². The van der Waals surface area contributed by atoms with Gasteiger partial charge in [-0.25, -0.2) is 4.98 Å². The molecule has 0 bridgehead atoms. The van der Waals surface area contributed by atoms with Gasteiger partial charge in [0.2, 0.25) is 0 Å². The highest BCUT2D eigenvalue weighted by atomic mass is 16.3. The van der Waals surface area contributed by atoms with Gasteiger partial charge in [-0.2, -0.15) is 0 Å². The Hall–Kier alpha value is -1.59. The van der Waals surface area contributed by atoms with E-state index >= 15 is 0 Å². The van der Waals surface area contributed by atoms with Crippen LogP contribution in [0.1, 0.15) is 12.2 Å². The smallest absolute Gasteiger partial charge is 0.121 e. The van der Waals surface area contributed by atoms with Gasteiger partial charge in [-0.05, 0) is 31.7 Å². The third-order valence-corrected chi connectivity index (χ3v) is 2.67. The standard InChI is InChI=1S/C12H18N4O/c1-16(5-2-6-17)8-12-14-10-4-3-9(13)7-11(10)15-12/h3-4,7,17H,2,5-6,8,13H2,1H3,(H,14,15). The van der Waals surface area contributed by atoms with Gasteiger partial charge in [-0.15, -0.1) is 0 Å². The first-order chi connectivity index (χ1) is 8.19. The lowest BCUT2D eigenvalue weighted by atomic mass is 10.3. The molecule has 5 nitrogen and oxygen atoms in total. The summed E-state index contributed by atoms with van der Waals surface area (Å²) < 4.78 is 0. The summed E-state index contributed by atoms with van der Waals surface area (Å²) in [6.45, 7) is 1.82. The lowest BCUT2D eigenvalue weighted by molar-refractivity contribution is 0.242. The topological polar surface area (TPSA) is 78.2 Å². The van der Waals surface area contributed by atoms with Crippen molar-refractivity contribution in [2.24, 2.45) is 0 Å². The Morgan fingerprint density at radius 1 is 1.47 bits per heavy atom. The van der Waals surface area contributed by atoms with Gasteiger partial charge >= 0.3 is 0 Å². The normalized spacial score (nSPS) is 11.5. The number of aromatic nitrogens is 2. The molecule has 0 fully saturated rings. The summed E-state index contributed by atoms with van der Waals surface area (Å²) >= 11 is 0. The van der Waals surface area contributed by atoms with E-state index in [4.69, 9.17) is 10.8 Å². The van der Waals surface area contributed by atoms with Crippen molar-refractivity contribution in [3.05, 3.63) is 24.0 Å². The van der Waals surface area contributed by atoms with Crippen molar-refractivity contribution >= 4 is 16.7 Å². The maximum atomic E-state index is 8.76. The van der Waals surface area contributed by atoms with Crippen LogP contribution in [0.4, 0.5) is 5.69 Å². The van der Waals surface area contributed by atoms with Crippen molar-refractivity contribution < 1.29 is 5.11 Å². The number of nitrogen functional groups attached to an aromatic ring is 1. The summed E-state index contributed by atoms with van der Waals surface area (Å²) in [6, 6.07) is 5.65. The fourth-order valence-corrected chi connectivity index (χ4v) is 1.83. The zero-order valence-corrected chi connectivity index (χ0v) is 9.98. The van der Waals surface area contributed by atoms with Crippen molar-refractivity contribution in [3.8, 4) is 0 Å². The van der Waals surface area contributed by atoms with Crippen LogP contribution >= 0.6 is 0 Å². The molecule has 0 aliphatic carbocycles. The van der Waals surface area contributed by atoms with Crippen LogP contribution in [-0.4, -0.2) is 40.2 Å². The third-order valence-electron chi connectivity index (χ3n) is 2.67. The molecule has 1 aromatic carbocycles.